The Bertz CT molecular complexity index is 597. The molecule has 0 radical (unpaired) electrons. The van der Waals surface area contributed by atoms with Crippen molar-refractivity contribution >= 4 is 0 Å². The molecular formula is C15H17N3O. The van der Waals surface area contributed by atoms with Gasteiger partial charge in [0, 0.05) is 6.04 Å². The lowest BCUT2D eigenvalue weighted by atomic mass is 9.95. The van der Waals surface area contributed by atoms with Gasteiger partial charge in [-0.15, -0.1) is 10.2 Å². The highest BCUT2D eigenvalue weighted by molar-refractivity contribution is 5.40. The third-order valence-corrected chi connectivity index (χ3v) is 4.32. The molecule has 2 fully saturated rings. The first-order chi connectivity index (χ1) is 9.35. The predicted octanol–water partition coefficient (Wildman–Crippen LogP) is 2.19. The van der Waals surface area contributed by atoms with Gasteiger partial charge in [0.15, 0.2) is 5.82 Å². The summed E-state index contributed by atoms with van der Waals surface area (Å²) in [5.41, 5.74) is 1.37. The third-order valence-electron chi connectivity index (χ3n) is 4.32. The highest BCUT2D eigenvalue weighted by Gasteiger charge is 2.51. The van der Waals surface area contributed by atoms with Crippen LogP contribution in [0.3, 0.4) is 0 Å². The second-order valence-corrected chi connectivity index (χ2v) is 5.65. The Morgan fingerprint density at radius 2 is 1.89 bits per heavy atom. The molecule has 0 saturated heterocycles. The van der Waals surface area contributed by atoms with Crippen LogP contribution in [0.5, 0.6) is 0 Å². The number of hydrogen-bond acceptors (Lipinski definition) is 3. The summed E-state index contributed by atoms with van der Waals surface area (Å²) < 4.78 is 2.19. The highest BCUT2D eigenvalue weighted by Crippen LogP contribution is 2.54. The Balaban J connectivity index is 1.83. The standard InChI is InChI=1S/C15H17N3O/c19-10-13-16-17-14(18(13)12-6-7-12)15(8-9-15)11-4-2-1-3-5-11/h1-5,12,19H,6-10H2. The number of nitrogens with zero attached hydrogens (tertiary/aromatic N) is 3. The van der Waals surface area contributed by atoms with E-state index in [-0.39, 0.29) is 12.0 Å². The van der Waals surface area contributed by atoms with Crippen molar-refractivity contribution in [3.05, 3.63) is 47.5 Å². The largest absolute Gasteiger partial charge is 0.388 e. The number of hydrogen-bond donors (Lipinski definition) is 1. The summed E-state index contributed by atoms with van der Waals surface area (Å²) in [6, 6.07) is 11.1. The Kier molecular flexibility index (Phi) is 2.30. The normalized spacial score (nSPS) is 20.5. The molecular weight excluding hydrogens is 238 g/mol. The molecule has 1 heterocycles. The average molecular weight is 255 g/mol. The minimum atomic E-state index is -0.0195. The van der Waals surface area contributed by atoms with Crippen LogP contribution in [0.25, 0.3) is 0 Å². The van der Waals surface area contributed by atoms with E-state index in [2.05, 4.69) is 39.0 Å². The zero-order chi connectivity index (χ0) is 12.9. The van der Waals surface area contributed by atoms with Gasteiger partial charge in [0.1, 0.15) is 12.4 Å². The molecule has 0 atom stereocenters. The number of aromatic nitrogens is 3. The maximum absolute atomic E-state index is 9.44. The van der Waals surface area contributed by atoms with E-state index in [1.54, 1.807) is 0 Å². The summed E-state index contributed by atoms with van der Waals surface area (Å²) in [5.74, 6) is 1.78. The van der Waals surface area contributed by atoms with Gasteiger partial charge >= 0.3 is 0 Å². The van der Waals surface area contributed by atoms with Crippen LogP contribution in [0.1, 0.15) is 48.9 Å². The van der Waals surface area contributed by atoms with Gasteiger partial charge in [0.25, 0.3) is 0 Å². The van der Waals surface area contributed by atoms with Crippen LogP contribution in [0, 0.1) is 0 Å². The van der Waals surface area contributed by atoms with E-state index in [0.717, 1.165) is 24.5 Å². The zero-order valence-electron chi connectivity index (χ0n) is 10.8. The Hall–Kier alpha value is -1.68. The Labute approximate surface area is 112 Å². The number of benzene rings is 1. The molecule has 1 aromatic heterocycles. The fourth-order valence-electron chi connectivity index (χ4n) is 3.00. The van der Waals surface area contributed by atoms with Gasteiger partial charge in [0.05, 0.1) is 5.41 Å². The van der Waals surface area contributed by atoms with Crippen molar-refractivity contribution in [1.82, 2.24) is 14.8 Å². The smallest absolute Gasteiger partial charge is 0.159 e. The monoisotopic (exact) mass is 255 g/mol. The maximum atomic E-state index is 9.44. The molecule has 1 N–H and O–H groups in total. The quantitative estimate of drug-likeness (QED) is 0.911. The van der Waals surface area contributed by atoms with Crippen LogP contribution in [-0.4, -0.2) is 19.9 Å². The lowest BCUT2D eigenvalue weighted by Crippen LogP contribution is -2.17. The van der Waals surface area contributed by atoms with Crippen molar-refractivity contribution in [1.29, 1.82) is 0 Å². The van der Waals surface area contributed by atoms with Crippen molar-refractivity contribution in [3.8, 4) is 0 Å². The summed E-state index contributed by atoms with van der Waals surface area (Å²) >= 11 is 0. The van der Waals surface area contributed by atoms with E-state index in [1.807, 2.05) is 6.07 Å². The molecule has 4 nitrogen and oxygen atoms in total. The van der Waals surface area contributed by atoms with E-state index in [4.69, 9.17) is 0 Å². The molecule has 2 aliphatic rings. The van der Waals surface area contributed by atoms with Crippen LogP contribution in [0.4, 0.5) is 0 Å². The van der Waals surface area contributed by atoms with Crippen LogP contribution in [-0.2, 0) is 12.0 Å². The van der Waals surface area contributed by atoms with Gasteiger partial charge < -0.3 is 9.67 Å². The van der Waals surface area contributed by atoms with Crippen molar-refractivity contribution in [2.45, 2.75) is 43.7 Å². The van der Waals surface area contributed by atoms with Crippen molar-refractivity contribution in [2.24, 2.45) is 0 Å². The molecule has 2 aromatic rings. The highest BCUT2D eigenvalue weighted by atomic mass is 16.3. The molecule has 98 valence electrons. The van der Waals surface area contributed by atoms with Gasteiger partial charge in [-0.1, -0.05) is 30.3 Å². The van der Waals surface area contributed by atoms with Crippen LogP contribution in [0.2, 0.25) is 0 Å². The van der Waals surface area contributed by atoms with E-state index >= 15 is 0 Å². The van der Waals surface area contributed by atoms with Crippen molar-refractivity contribution in [3.63, 3.8) is 0 Å². The van der Waals surface area contributed by atoms with Gasteiger partial charge in [-0.25, -0.2) is 0 Å². The number of aliphatic hydroxyl groups is 1. The van der Waals surface area contributed by atoms with E-state index in [0.29, 0.717) is 6.04 Å². The molecule has 4 rings (SSSR count). The van der Waals surface area contributed by atoms with Crippen LogP contribution in [0.15, 0.2) is 30.3 Å². The molecule has 0 unspecified atom stereocenters. The Morgan fingerprint density at radius 1 is 1.16 bits per heavy atom. The number of aliphatic hydroxyl groups excluding tert-OH is 1. The van der Waals surface area contributed by atoms with Gasteiger partial charge in [-0.3, -0.25) is 0 Å². The van der Waals surface area contributed by atoms with Crippen molar-refractivity contribution in [2.75, 3.05) is 0 Å². The minimum Gasteiger partial charge on any atom is -0.388 e. The van der Waals surface area contributed by atoms with Gasteiger partial charge in [0.2, 0.25) is 0 Å². The van der Waals surface area contributed by atoms with Crippen molar-refractivity contribution < 1.29 is 5.11 Å². The Morgan fingerprint density at radius 3 is 2.47 bits per heavy atom. The molecule has 19 heavy (non-hydrogen) atoms. The summed E-state index contributed by atoms with van der Waals surface area (Å²) in [6.07, 6.45) is 4.63. The first-order valence-electron chi connectivity index (χ1n) is 6.96. The summed E-state index contributed by atoms with van der Waals surface area (Å²) in [7, 11) is 0. The molecule has 4 heteroatoms. The first-order valence-corrected chi connectivity index (χ1v) is 6.96. The van der Waals surface area contributed by atoms with E-state index in [9.17, 15) is 5.11 Å². The fraction of sp³-hybridized carbons (Fsp3) is 0.467. The van der Waals surface area contributed by atoms with E-state index in [1.165, 1.54) is 18.4 Å². The second-order valence-electron chi connectivity index (χ2n) is 5.65. The molecule has 0 aliphatic heterocycles. The third kappa shape index (κ3) is 1.63. The second kappa shape index (κ2) is 3.90. The molecule has 0 amide bonds. The summed E-state index contributed by atoms with van der Waals surface area (Å²) in [6.45, 7) is -0.0195. The minimum absolute atomic E-state index is 0.0195. The maximum Gasteiger partial charge on any atom is 0.159 e. The topological polar surface area (TPSA) is 50.9 Å². The predicted molar refractivity (Wildman–Crippen MR) is 70.7 cm³/mol. The molecule has 0 spiro atoms. The molecule has 0 bridgehead atoms. The first kappa shape index (κ1) is 11.2. The lowest BCUT2D eigenvalue weighted by Gasteiger charge is -2.17. The molecule has 1 aromatic carbocycles. The van der Waals surface area contributed by atoms with Crippen LogP contribution < -0.4 is 0 Å². The fourth-order valence-corrected chi connectivity index (χ4v) is 3.00. The lowest BCUT2D eigenvalue weighted by molar-refractivity contribution is 0.264. The summed E-state index contributed by atoms with van der Waals surface area (Å²) in [5, 5.41) is 18.0. The summed E-state index contributed by atoms with van der Waals surface area (Å²) in [4.78, 5) is 0. The molecule has 2 aliphatic carbocycles. The molecule has 2 saturated carbocycles. The average Bonchev–Trinajstić information content (AvgIpc) is 3.38. The van der Waals surface area contributed by atoms with Crippen LogP contribution >= 0.6 is 0 Å². The van der Waals surface area contributed by atoms with Gasteiger partial charge in [-0.2, -0.15) is 0 Å². The number of rotatable bonds is 4. The van der Waals surface area contributed by atoms with E-state index < -0.39 is 0 Å². The van der Waals surface area contributed by atoms with Gasteiger partial charge in [-0.05, 0) is 31.2 Å². The SMILES string of the molecule is OCc1nnc(C2(c3ccccc3)CC2)n1C1CC1. The zero-order valence-corrected chi connectivity index (χ0v) is 10.8.